The molecule has 0 rings (SSSR count). The van der Waals surface area contributed by atoms with E-state index in [1.807, 2.05) is 0 Å². The Bertz CT molecular complexity index is 101. The third kappa shape index (κ3) is 3.89. The maximum atomic E-state index is 9.84. The number of aliphatic carboxylic acids is 1. The summed E-state index contributed by atoms with van der Waals surface area (Å²) in [7, 11) is 0. The topological polar surface area (TPSA) is 77.8 Å². The first-order valence-electron chi connectivity index (χ1n) is 2.07. The Morgan fingerprint density at radius 1 is 1.67 bits per heavy atom. The predicted octanol–water partition coefficient (Wildman–Crippen LogP) is -1.83. The second-order valence-corrected chi connectivity index (χ2v) is 1.74. The molecule has 9 heavy (non-hydrogen) atoms. The molecule has 0 aromatic carbocycles. The van der Waals surface area contributed by atoms with Crippen LogP contribution in [-0.4, -0.2) is 63.1 Å². The van der Waals surface area contributed by atoms with E-state index in [0.717, 1.165) is 6.92 Å². The number of hydrogen-bond donors (Lipinski definition) is 3. The van der Waals surface area contributed by atoms with Gasteiger partial charge in [-0.2, -0.15) is 0 Å². The number of aliphatic hydroxyl groups excluding tert-OH is 1. The van der Waals surface area contributed by atoms with E-state index in [1.165, 1.54) is 0 Å². The third-order valence-corrected chi connectivity index (χ3v) is 0.769. The van der Waals surface area contributed by atoms with Crippen molar-refractivity contribution in [3.05, 3.63) is 0 Å². The van der Waals surface area contributed by atoms with Crippen molar-refractivity contribution in [2.45, 2.75) is 12.5 Å². The first kappa shape index (κ1) is 12.1. The number of carboxylic acids is 1. The van der Waals surface area contributed by atoms with Crippen LogP contribution < -0.4 is 0 Å². The molecule has 5 heteroatoms. The van der Waals surface area contributed by atoms with E-state index in [9.17, 15) is 4.79 Å². The Hall–Kier alpha value is 0.390. The Morgan fingerprint density at radius 2 is 2.00 bits per heavy atom. The fourth-order valence-electron chi connectivity index (χ4n) is 0.0676. The van der Waals surface area contributed by atoms with Crippen LogP contribution in [0.4, 0.5) is 0 Å². The van der Waals surface area contributed by atoms with Crippen molar-refractivity contribution in [2.75, 3.05) is 6.61 Å². The van der Waals surface area contributed by atoms with Gasteiger partial charge in [0.1, 0.15) is 0 Å². The summed E-state index contributed by atoms with van der Waals surface area (Å²) in [5, 5.41) is 24.7. The zero-order chi connectivity index (χ0) is 6.78. The van der Waals surface area contributed by atoms with Gasteiger partial charge in [0, 0.05) is 0 Å². The van der Waals surface area contributed by atoms with Gasteiger partial charge in [0.15, 0.2) is 5.60 Å². The summed E-state index contributed by atoms with van der Waals surface area (Å²) in [5.74, 6) is -1.42. The zero-order valence-electron chi connectivity index (χ0n) is 4.46. The van der Waals surface area contributed by atoms with Crippen LogP contribution in [0.15, 0.2) is 0 Å². The quantitative estimate of drug-likeness (QED) is 0.398. The van der Waals surface area contributed by atoms with Gasteiger partial charge >= 0.3 is 35.5 Å². The molecule has 1 unspecified atom stereocenters. The summed E-state index contributed by atoms with van der Waals surface area (Å²) in [4.78, 5) is 9.84. The van der Waals surface area contributed by atoms with Crippen LogP contribution in [0.5, 0.6) is 0 Å². The molecule has 0 aliphatic heterocycles. The standard InChI is InChI=1S/C4H8O4.Na.H/c1-4(8,2-5)3(6)7;;/h5,8H,2H2,1H3,(H,6,7);;. The fourth-order valence-corrected chi connectivity index (χ4v) is 0.0676. The molecule has 0 aromatic heterocycles. The van der Waals surface area contributed by atoms with Gasteiger partial charge in [0.2, 0.25) is 0 Å². The summed E-state index contributed by atoms with van der Waals surface area (Å²) in [6.45, 7) is 0.262. The van der Waals surface area contributed by atoms with Gasteiger partial charge in [0.25, 0.3) is 0 Å². The average molecular weight is 144 g/mol. The molecule has 0 fully saturated rings. The van der Waals surface area contributed by atoms with Crippen LogP contribution in [0.25, 0.3) is 0 Å². The summed E-state index contributed by atoms with van der Waals surface area (Å²) in [5.41, 5.74) is -1.99. The van der Waals surface area contributed by atoms with E-state index >= 15 is 0 Å². The molecular formula is C4H9NaO4. The van der Waals surface area contributed by atoms with Crippen LogP contribution in [0.3, 0.4) is 0 Å². The average Bonchev–Trinajstić information content (AvgIpc) is 1.67. The van der Waals surface area contributed by atoms with Crippen molar-refractivity contribution < 1.29 is 20.1 Å². The number of hydrogen-bond acceptors (Lipinski definition) is 3. The molecule has 0 saturated carbocycles. The number of carbonyl (C=O) groups is 1. The van der Waals surface area contributed by atoms with Crippen LogP contribution in [0, 0.1) is 0 Å². The van der Waals surface area contributed by atoms with Crippen molar-refractivity contribution >= 4 is 35.5 Å². The van der Waals surface area contributed by atoms with E-state index in [4.69, 9.17) is 15.3 Å². The van der Waals surface area contributed by atoms with Crippen LogP contribution >= 0.6 is 0 Å². The molecule has 0 saturated heterocycles. The van der Waals surface area contributed by atoms with E-state index in [1.54, 1.807) is 0 Å². The first-order valence-corrected chi connectivity index (χ1v) is 2.07. The maximum absolute atomic E-state index is 9.84. The second kappa shape index (κ2) is 4.24. The Kier molecular flexibility index (Phi) is 5.71. The van der Waals surface area contributed by atoms with Crippen LogP contribution in [0.2, 0.25) is 0 Å². The van der Waals surface area contributed by atoms with Crippen LogP contribution in [-0.2, 0) is 4.79 Å². The number of carboxylic acid groups (broad SMARTS) is 1. The van der Waals surface area contributed by atoms with Crippen LogP contribution in [0.1, 0.15) is 6.92 Å². The summed E-state index contributed by atoms with van der Waals surface area (Å²) in [6, 6.07) is 0. The molecule has 0 amide bonds. The van der Waals surface area contributed by atoms with Gasteiger partial charge in [-0.3, -0.25) is 0 Å². The van der Waals surface area contributed by atoms with E-state index < -0.39 is 18.2 Å². The van der Waals surface area contributed by atoms with E-state index in [0.29, 0.717) is 0 Å². The molecule has 0 heterocycles. The minimum absolute atomic E-state index is 0. The summed E-state index contributed by atoms with van der Waals surface area (Å²) >= 11 is 0. The minimum atomic E-state index is -1.99. The van der Waals surface area contributed by atoms with Crippen molar-refractivity contribution in [2.24, 2.45) is 0 Å². The molecule has 0 aliphatic rings. The van der Waals surface area contributed by atoms with Crippen molar-refractivity contribution in [3.8, 4) is 0 Å². The first-order chi connectivity index (χ1) is 3.50. The van der Waals surface area contributed by atoms with E-state index in [2.05, 4.69) is 0 Å². The molecule has 0 spiro atoms. The normalized spacial score (nSPS) is 15.4. The molecule has 50 valence electrons. The molecule has 0 bridgehead atoms. The molecular weight excluding hydrogens is 135 g/mol. The fraction of sp³-hybridized carbons (Fsp3) is 0.750. The second-order valence-electron chi connectivity index (χ2n) is 1.74. The monoisotopic (exact) mass is 144 g/mol. The summed E-state index contributed by atoms with van der Waals surface area (Å²) in [6.07, 6.45) is 0. The van der Waals surface area contributed by atoms with Gasteiger partial charge in [-0.15, -0.1) is 0 Å². The van der Waals surface area contributed by atoms with Gasteiger partial charge in [0.05, 0.1) is 6.61 Å². The molecule has 3 N–H and O–H groups in total. The molecule has 0 aliphatic carbocycles. The van der Waals surface area contributed by atoms with Gasteiger partial charge in [-0.1, -0.05) is 0 Å². The number of rotatable bonds is 2. The van der Waals surface area contributed by atoms with Crippen molar-refractivity contribution in [3.63, 3.8) is 0 Å². The third-order valence-electron chi connectivity index (χ3n) is 0.769. The predicted molar refractivity (Wildman–Crippen MR) is 32.5 cm³/mol. The Balaban J connectivity index is 0. The Labute approximate surface area is 74.8 Å². The van der Waals surface area contributed by atoms with Crippen molar-refractivity contribution in [1.82, 2.24) is 0 Å². The van der Waals surface area contributed by atoms with Gasteiger partial charge < -0.3 is 15.3 Å². The molecule has 0 radical (unpaired) electrons. The summed E-state index contributed by atoms with van der Waals surface area (Å²) < 4.78 is 0. The van der Waals surface area contributed by atoms with Gasteiger partial charge in [-0.05, 0) is 6.92 Å². The number of aliphatic hydroxyl groups is 2. The van der Waals surface area contributed by atoms with Gasteiger partial charge in [-0.25, -0.2) is 4.79 Å². The molecule has 4 nitrogen and oxygen atoms in total. The van der Waals surface area contributed by atoms with Crippen molar-refractivity contribution in [1.29, 1.82) is 0 Å². The Morgan fingerprint density at radius 3 is 2.00 bits per heavy atom. The SMILES string of the molecule is CC(O)(CO)C(=O)O.[NaH]. The molecule has 0 aromatic rings. The van der Waals surface area contributed by atoms with E-state index in [-0.39, 0.29) is 29.6 Å². The zero-order valence-corrected chi connectivity index (χ0v) is 4.46. The molecule has 1 atom stereocenters.